The number of hydrogen-bond donors (Lipinski definition) is 6. The second-order valence-corrected chi connectivity index (χ2v) is 5.96. The molecule has 1 saturated heterocycles. The number of nitrogens with one attached hydrogen (secondary N) is 3. The minimum atomic E-state index is -1.36. The lowest BCUT2D eigenvalue weighted by atomic mass is 10.1. The summed E-state index contributed by atoms with van der Waals surface area (Å²) in [4.78, 5) is 50.2. The summed E-state index contributed by atoms with van der Waals surface area (Å²) in [7, 11) is 0. The molecule has 12 nitrogen and oxygen atoms in total. The van der Waals surface area contributed by atoms with E-state index < -0.39 is 48.1 Å². The molecule has 148 valence electrons. The van der Waals surface area contributed by atoms with Crippen LogP contribution in [0.25, 0.3) is 0 Å². The van der Waals surface area contributed by atoms with Gasteiger partial charge in [-0.2, -0.15) is 0 Å². The minimum absolute atomic E-state index is 0.271. The van der Waals surface area contributed by atoms with Gasteiger partial charge in [0.25, 0.3) is 11.1 Å². The molecule has 0 radical (unpaired) electrons. The normalized spacial score (nSPS) is 24.3. The average Bonchev–Trinajstić information content (AvgIpc) is 2.90. The van der Waals surface area contributed by atoms with Gasteiger partial charge in [0, 0.05) is 23.5 Å². The zero-order valence-electron chi connectivity index (χ0n) is 14.5. The number of aliphatic hydroxyl groups is 3. The third-order valence-corrected chi connectivity index (χ3v) is 3.94. The lowest BCUT2D eigenvalue weighted by molar-refractivity contribution is -0.0551. The Hall–Kier alpha value is -2.80. The number of aromatic amines is 3. The summed E-state index contributed by atoms with van der Waals surface area (Å²) in [6, 6.07) is 0. The molecule has 0 saturated carbocycles. The highest BCUT2D eigenvalue weighted by molar-refractivity contribution is 5.03. The quantitative estimate of drug-likeness (QED) is 0.312. The van der Waals surface area contributed by atoms with Crippen molar-refractivity contribution in [2.45, 2.75) is 38.4 Å². The summed E-state index contributed by atoms with van der Waals surface area (Å²) in [6.45, 7) is 2.64. The van der Waals surface area contributed by atoms with Crippen LogP contribution in [-0.2, 0) is 4.74 Å². The Kier molecular flexibility index (Phi) is 6.28. The number of rotatable bonds is 2. The second-order valence-electron chi connectivity index (χ2n) is 5.96. The van der Waals surface area contributed by atoms with E-state index in [1.54, 1.807) is 6.92 Å². The first-order valence-corrected chi connectivity index (χ1v) is 7.88. The number of H-pyrrole nitrogens is 3. The van der Waals surface area contributed by atoms with Crippen molar-refractivity contribution in [3.05, 3.63) is 65.2 Å². The monoisotopic (exact) mass is 384 g/mol. The maximum atomic E-state index is 11.6. The van der Waals surface area contributed by atoms with Gasteiger partial charge in [-0.1, -0.05) is 0 Å². The number of aliphatic hydroxyl groups excluding tert-OH is 3. The van der Waals surface area contributed by atoms with Gasteiger partial charge in [0.2, 0.25) is 0 Å². The Morgan fingerprint density at radius 2 is 1.67 bits per heavy atom. The predicted octanol–water partition coefficient (Wildman–Crippen LogP) is -3.17. The molecule has 0 unspecified atom stereocenters. The lowest BCUT2D eigenvalue weighted by Crippen LogP contribution is -2.38. The van der Waals surface area contributed by atoms with Gasteiger partial charge in [-0.05, 0) is 13.8 Å². The van der Waals surface area contributed by atoms with Gasteiger partial charge >= 0.3 is 11.4 Å². The Morgan fingerprint density at radius 3 is 2.19 bits per heavy atom. The number of hydrogen-bond acceptors (Lipinski definition) is 8. The molecular formula is C15H20N4O8. The number of aromatic nitrogens is 4. The molecule has 1 aliphatic rings. The zero-order valence-corrected chi connectivity index (χ0v) is 14.5. The van der Waals surface area contributed by atoms with Crippen LogP contribution in [0.5, 0.6) is 0 Å². The van der Waals surface area contributed by atoms with Gasteiger partial charge in [0.05, 0.1) is 6.61 Å². The molecule has 0 spiro atoms. The molecule has 6 N–H and O–H groups in total. The topological polar surface area (TPSA) is 190 Å². The van der Waals surface area contributed by atoms with Crippen molar-refractivity contribution in [1.29, 1.82) is 0 Å². The molecule has 2 aromatic rings. The van der Waals surface area contributed by atoms with E-state index in [0.29, 0.717) is 5.56 Å². The van der Waals surface area contributed by atoms with E-state index in [1.165, 1.54) is 19.3 Å². The molecule has 1 fully saturated rings. The van der Waals surface area contributed by atoms with Crippen LogP contribution in [0.2, 0.25) is 0 Å². The van der Waals surface area contributed by atoms with E-state index in [4.69, 9.17) is 9.84 Å². The van der Waals surface area contributed by atoms with E-state index in [9.17, 15) is 29.4 Å². The largest absolute Gasteiger partial charge is 0.394 e. The Bertz CT molecular complexity index is 1020. The number of nitrogens with zero attached hydrogens (tertiary/aromatic N) is 1. The molecule has 0 bridgehead atoms. The van der Waals surface area contributed by atoms with Crippen LogP contribution in [0, 0.1) is 13.8 Å². The van der Waals surface area contributed by atoms with E-state index in [-0.39, 0.29) is 11.1 Å². The summed E-state index contributed by atoms with van der Waals surface area (Å²) in [5.41, 5.74) is -1.30. The fourth-order valence-electron chi connectivity index (χ4n) is 2.36. The molecule has 0 aliphatic carbocycles. The van der Waals surface area contributed by atoms with Crippen molar-refractivity contribution < 1.29 is 20.1 Å². The van der Waals surface area contributed by atoms with Crippen LogP contribution < -0.4 is 22.5 Å². The molecule has 0 aromatic carbocycles. The summed E-state index contributed by atoms with van der Waals surface area (Å²) in [5, 5.41) is 28.3. The second kappa shape index (κ2) is 8.26. The molecule has 4 atom stereocenters. The molecule has 12 heteroatoms. The van der Waals surface area contributed by atoms with Gasteiger partial charge in [-0.25, -0.2) is 9.59 Å². The Labute approximate surface area is 150 Å². The Morgan fingerprint density at radius 1 is 1.04 bits per heavy atom. The standard InChI is InChI=1S/C10H14N2O6.C5H6N2O2/c1-4-2-12(10(17)11-8(4)16)9-7(15)6(14)5(3-13)18-9;1-3-2-6-5(9)7-4(3)8/h2,5-7,9,13-15H,3H2,1H3,(H,11,16,17);2H,1H3,(H2,6,7,8,9)/t5-,6-,7-,9-;/m1./s1. The van der Waals surface area contributed by atoms with E-state index in [0.717, 1.165) is 4.57 Å². The van der Waals surface area contributed by atoms with Gasteiger partial charge in [0.15, 0.2) is 6.23 Å². The van der Waals surface area contributed by atoms with Gasteiger partial charge in [-0.3, -0.25) is 24.1 Å². The van der Waals surface area contributed by atoms with E-state index in [1.807, 2.05) is 0 Å². The summed E-state index contributed by atoms with van der Waals surface area (Å²) in [6.07, 6.45) is -2.14. The summed E-state index contributed by atoms with van der Waals surface area (Å²) < 4.78 is 6.17. The first-order chi connectivity index (χ1) is 12.6. The highest BCUT2D eigenvalue weighted by atomic mass is 16.6. The van der Waals surface area contributed by atoms with Crippen molar-refractivity contribution >= 4 is 0 Å². The van der Waals surface area contributed by atoms with Gasteiger partial charge in [-0.15, -0.1) is 0 Å². The first-order valence-electron chi connectivity index (χ1n) is 7.88. The van der Waals surface area contributed by atoms with Gasteiger partial charge < -0.3 is 25.0 Å². The van der Waals surface area contributed by atoms with Crippen molar-refractivity contribution in [3.63, 3.8) is 0 Å². The van der Waals surface area contributed by atoms with E-state index >= 15 is 0 Å². The molecule has 3 heterocycles. The minimum Gasteiger partial charge on any atom is -0.394 e. The third-order valence-electron chi connectivity index (χ3n) is 3.94. The SMILES string of the molecule is Cc1c[nH]c(=O)[nH]c1=O.Cc1cn([C@@H]2O[C@H](CO)[C@@H](O)[C@H]2O)c(=O)[nH]c1=O. The van der Waals surface area contributed by atoms with Crippen molar-refractivity contribution in [2.24, 2.45) is 0 Å². The smallest absolute Gasteiger partial charge is 0.330 e. The highest BCUT2D eigenvalue weighted by Crippen LogP contribution is 2.27. The predicted molar refractivity (Wildman–Crippen MR) is 91.5 cm³/mol. The van der Waals surface area contributed by atoms with Crippen LogP contribution in [0.15, 0.2) is 31.6 Å². The molecule has 3 rings (SSSR count). The average molecular weight is 384 g/mol. The molecule has 2 aromatic heterocycles. The zero-order chi connectivity index (χ0) is 20.3. The van der Waals surface area contributed by atoms with Crippen molar-refractivity contribution in [2.75, 3.05) is 6.61 Å². The molecule has 0 amide bonds. The lowest BCUT2D eigenvalue weighted by Gasteiger charge is -2.17. The van der Waals surface area contributed by atoms with Gasteiger partial charge in [0.1, 0.15) is 18.3 Å². The van der Waals surface area contributed by atoms with Crippen LogP contribution in [-0.4, -0.2) is 59.8 Å². The van der Waals surface area contributed by atoms with Crippen molar-refractivity contribution in [3.8, 4) is 0 Å². The van der Waals surface area contributed by atoms with Crippen LogP contribution in [0.1, 0.15) is 17.4 Å². The van der Waals surface area contributed by atoms with Crippen molar-refractivity contribution in [1.82, 2.24) is 19.5 Å². The number of ether oxygens (including phenoxy) is 1. The highest BCUT2D eigenvalue weighted by Gasteiger charge is 2.43. The molecule has 1 aliphatic heterocycles. The molecular weight excluding hydrogens is 364 g/mol. The van der Waals surface area contributed by atoms with Crippen LogP contribution >= 0.6 is 0 Å². The summed E-state index contributed by atoms with van der Waals surface area (Å²) >= 11 is 0. The fourth-order valence-corrected chi connectivity index (χ4v) is 2.36. The van der Waals surface area contributed by atoms with E-state index in [2.05, 4.69) is 15.0 Å². The first kappa shape index (κ1) is 20.5. The third kappa shape index (κ3) is 4.49. The Balaban J connectivity index is 0.000000244. The maximum Gasteiger partial charge on any atom is 0.330 e. The summed E-state index contributed by atoms with van der Waals surface area (Å²) in [5.74, 6) is 0. The van der Waals surface area contributed by atoms with Crippen LogP contribution in [0.3, 0.4) is 0 Å². The fraction of sp³-hybridized carbons (Fsp3) is 0.467. The molecule has 27 heavy (non-hydrogen) atoms. The number of aryl methyl sites for hydroxylation is 2. The van der Waals surface area contributed by atoms with Crippen LogP contribution in [0.4, 0.5) is 0 Å². The maximum absolute atomic E-state index is 11.6.